The first-order valence-electron chi connectivity index (χ1n) is 12.3. The molecule has 0 atom stereocenters. The highest BCUT2D eigenvalue weighted by Gasteiger charge is 2.24. The van der Waals surface area contributed by atoms with E-state index in [0.29, 0.717) is 26.2 Å². The van der Waals surface area contributed by atoms with Crippen LogP contribution in [0.25, 0.3) is 0 Å². The topological polar surface area (TPSA) is 150 Å². The smallest absolute Gasteiger partial charge is 0.431 e. The summed E-state index contributed by atoms with van der Waals surface area (Å²) < 4.78 is 42.9. The van der Waals surface area contributed by atoms with Crippen LogP contribution < -0.4 is 14.8 Å². The minimum atomic E-state index is -4.37. The van der Waals surface area contributed by atoms with Crippen molar-refractivity contribution >= 4 is 39.6 Å². The molecule has 0 radical (unpaired) electrons. The lowest BCUT2D eigenvalue weighted by Gasteiger charge is -2.20. The quantitative estimate of drug-likeness (QED) is 0.305. The van der Waals surface area contributed by atoms with Crippen LogP contribution in [-0.4, -0.2) is 57.2 Å². The van der Waals surface area contributed by atoms with Crippen molar-refractivity contribution in [1.82, 2.24) is 15.0 Å². The van der Waals surface area contributed by atoms with Crippen molar-refractivity contribution in [2.75, 3.05) is 19.8 Å². The summed E-state index contributed by atoms with van der Waals surface area (Å²) in [5.41, 5.74) is 0.0687. The fourth-order valence-electron chi connectivity index (χ4n) is 3.72. The van der Waals surface area contributed by atoms with Crippen molar-refractivity contribution in [3.05, 3.63) is 52.7 Å². The summed E-state index contributed by atoms with van der Waals surface area (Å²) in [7, 11) is -4.37. The number of rotatable bonds is 11. The molecule has 2 N–H and O–H groups in total. The maximum Gasteiger partial charge on any atom is 0.515 e. The largest absolute Gasteiger partial charge is 0.515 e. The average Bonchev–Trinajstić information content (AvgIpc) is 2.89. The van der Waals surface area contributed by atoms with E-state index in [1.165, 1.54) is 24.3 Å². The summed E-state index contributed by atoms with van der Waals surface area (Å²) in [6.45, 7) is 3.35. The molecule has 1 heterocycles. The van der Waals surface area contributed by atoms with Crippen LogP contribution in [0.15, 0.2) is 41.4 Å². The van der Waals surface area contributed by atoms with E-state index in [4.69, 9.17) is 25.8 Å². The Morgan fingerprint density at radius 3 is 2.45 bits per heavy atom. The number of nitrogens with zero attached hydrogens (tertiary/aromatic N) is 1. The molecule has 38 heavy (non-hydrogen) atoms. The predicted molar refractivity (Wildman–Crippen MR) is 138 cm³/mol. The molecule has 2 amide bonds. The molecule has 0 spiro atoms. The number of carbonyl (C=O) groups is 3. The summed E-state index contributed by atoms with van der Waals surface area (Å²) in [5, 5.41) is 2.46. The van der Waals surface area contributed by atoms with Gasteiger partial charge in [0.15, 0.2) is 0 Å². The van der Waals surface area contributed by atoms with E-state index in [1.54, 1.807) is 0 Å². The minimum absolute atomic E-state index is 0.0965. The van der Waals surface area contributed by atoms with Crippen molar-refractivity contribution in [1.29, 1.82) is 0 Å². The number of hydrogen-bond donors (Lipinski definition) is 2. The summed E-state index contributed by atoms with van der Waals surface area (Å²) in [4.78, 5) is 40.2. The fraction of sp³-hybridized carbons (Fsp3) is 0.440. The monoisotopic (exact) mass is 567 g/mol. The molecule has 3 rings (SSSR count). The second-order valence-electron chi connectivity index (χ2n) is 8.50. The number of pyridine rings is 1. The van der Waals surface area contributed by atoms with Crippen molar-refractivity contribution in [2.45, 2.75) is 56.4 Å². The van der Waals surface area contributed by atoms with E-state index in [-0.39, 0.29) is 33.0 Å². The van der Waals surface area contributed by atoms with Crippen molar-refractivity contribution in [3.63, 3.8) is 0 Å². The van der Waals surface area contributed by atoms with Crippen LogP contribution in [0, 0.1) is 0 Å². The molecule has 0 bridgehead atoms. The number of halogens is 1. The first-order valence-corrected chi connectivity index (χ1v) is 14.1. The molecule has 13 heteroatoms. The van der Waals surface area contributed by atoms with Gasteiger partial charge < -0.3 is 19.5 Å². The number of ether oxygens (including phenoxy) is 3. The minimum Gasteiger partial charge on any atom is -0.431 e. The van der Waals surface area contributed by atoms with Crippen LogP contribution in [-0.2, 0) is 19.5 Å². The first kappa shape index (κ1) is 29.3. The number of hydrogen-bond acceptors (Lipinski definition) is 9. The zero-order chi connectivity index (χ0) is 27.5. The standard InChI is InChI=1S/C25H30ClN3O8S/c1-2-35-14-6-13-27-23(30)17-9-11-21(20(26)15-17)38(33,34)29-24(31)18-10-12-22(28-16-18)37-25(32)36-19-7-4-3-5-8-19/h9-12,15-16,19H,2-8,13-14H2,1H3,(H,27,30)(H,29,31). The normalized spacial score (nSPS) is 13.9. The van der Waals surface area contributed by atoms with Crippen molar-refractivity contribution < 1.29 is 37.0 Å². The highest BCUT2D eigenvalue weighted by Crippen LogP contribution is 2.24. The van der Waals surface area contributed by atoms with E-state index in [0.717, 1.165) is 44.4 Å². The molecule has 2 aromatic rings. The van der Waals surface area contributed by atoms with Gasteiger partial charge in [-0.1, -0.05) is 18.0 Å². The Hall–Kier alpha value is -3.22. The van der Waals surface area contributed by atoms with Crippen LogP contribution in [0.1, 0.15) is 66.2 Å². The van der Waals surface area contributed by atoms with Gasteiger partial charge in [0.25, 0.3) is 21.8 Å². The van der Waals surface area contributed by atoms with Crippen LogP contribution in [0.3, 0.4) is 0 Å². The van der Waals surface area contributed by atoms with Gasteiger partial charge in [-0.15, -0.1) is 0 Å². The van der Waals surface area contributed by atoms with Gasteiger partial charge in [0, 0.05) is 37.6 Å². The predicted octanol–water partition coefficient (Wildman–Crippen LogP) is 3.86. The lowest BCUT2D eigenvalue weighted by molar-refractivity contribution is 0.0407. The molecule has 1 saturated carbocycles. The lowest BCUT2D eigenvalue weighted by Crippen LogP contribution is -2.31. The third-order valence-corrected chi connectivity index (χ3v) is 7.48. The number of sulfonamides is 1. The highest BCUT2D eigenvalue weighted by molar-refractivity contribution is 7.90. The Balaban J connectivity index is 1.56. The second kappa shape index (κ2) is 14.1. The Morgan fingerprint density at radius 2 is 1.79 bits per heavy atom. The van der Waals surface area contributed by atoms with E-state index in [2.05, 4.69) is 10.3 Å². The van der Waals surface area contributed by atoms with E-state index >= 15 is 0 Å². The molecule has 0 unspecified atom stereocenters. The molecule has 1 aromatic carbocycles. The van der Waals surface area contributed by atoms with E-state index in [1.807, 2.05) is 11.6 Å². The van der Waals surface area contributed by atoms with Crippen LogP contribution in [0.4, 0.5) is 4.79 Å². The Morgan fingerprint density at radius 1 is 1.05 bits per heavy atom. The lowest BCUT2D eigenvalue weighted by atomic mass is 9.98. The molecule has 206 valence electrons. The molecule has 1 aromatic heterocycles. The molecular formula is C25H30ClN3O8S. The summed E-state index contributed by atoms with van der Waals surface area (Å²) in [6, 6.07) is 6.14. The molecule has 0 saturated heterocycles. The first-order chi connectivity index (χ1) is 18.2. The van der Waals surface area contributed by atoms with E-state index < -0.39 is 28.0 Å². The van der Waals surface area contributed by atoms with Gasteiger partial charge in [0.05, 0.1) is 10.6 Å². The van der Waals surface area contributed by atoms with Gasteiger partial charge in [-0.2, -0.15) is 0 Å². The third kappa shape index (κ3) is 8.67. The molecule has 11 nitrogen and oxygen atoms in total. The van der Waals surface area contributed by atoms with Gasteiger partial charge >= 0.3 is 6.16 Å². The van der Waals surface area contributed by atoms with Crippen molar-refractivity contribution in [2.24, 2.45) is 0 Å². The zero-order valence-electron chi connectivity index (χ0n) is 20.9. The maximum absolute atomic E-state index is 12.8. The summed E-state index contributed by atoms with van der Waals surface area (Å²) in [6.07, 6.45) is 5.27. The molecule has 1 fully saturated rings. The maximum atomic E-state index is 12.8. The van der Waals surface area contributed by atoms with Crippen molar-refractivity contribution in [3.8, 4) is 5.88 Å². The number of aromatic nitrogens is 1. The van der Waals surface area contributed by atoms with Crippen LogP contribution in [0.5, 0.6) is 5.88 Å². The summed E-state index contributed by atoms with van der Waals surface area (Å²) in [5.74, 6) is -1.49. The molecule has 1 aliphatic carbocycles. The number of nitrogens with one attached hydrogen (secondary N) is 2. The Labute approximate surface area is 226 Å². The van der Waals surface area contributed by atoms with Gasteiger partial charge in [0.2, 0.25) is 5.88 Å². The molecule has 0 aliphatic heterocycles. The van der Waals surface area contributed by atoms with Gasteiger partial charge in [0.1, 0.15) is 11.0 Å². The van der Waals surface area contributed by atoms with Crippen LogP contribution >= 0.6 is 11.6 Å². The fourth-order valence-corrected chi connectivity index (χ4v) is 5.24. The SMILES string of the molecule is CCOCCCNC(=O)c1ccc(S(=O)(=O)NC(=O)c2ccc(OC(=O)OC3CCCCC3)nc2)c(Cl)c1. The van der Waals surface area contributed by atoms with E-state index in [9.17, 15) is 22.8 Å². The zero-order valence-corrected chi connectivity index (χ0v) is 22.5. The Bertz CT molecular complexity index is 1230. The number of carbonyl (C=O) groups excluding carboxylic acids is 3. The van der Waals surface area contributed by atoms with Gasteiger partial charge in [-0.05, 0) is 63.3 Å². The Kier molecular flexibility index (Phi) is 10.9. The number of amides is 2. The number of benzene rings is 1. The highest BCUT2D eigenvalue weighted by atomic mass is 35.5. The average molecular weight is 568 g/mol. The molecular weight excluding hydrogens is 538 g/mol. The van der Waals surface area contributed by atoms with Gasteiger partial charge in [-0.25, -0.2) is 22.9 Å². The third-order valence-electron chi connectivity index (χ3n) is 5.67. The molecule has 1 aliphatic rings. The second-order valence-corrected chi connectivity index (χ2v) is 10.6. The van der Waals surface area contributed by atoms with Crippen LogP contribution in [0.2, 0.25) is 5.02 Å². The van der Waals surface area contributed by atoms with Gasteiger partial charge in [-0.3, -0.25) is 9.59 Å². The summed E-state index contributed by atoms with van der Waals surface area (Å²) >= 11 is 6.13.